The van der Waals surface area contributed by atoms with Gasteiger partial charge in [-0.1, -0.05) is 40.9 Å². The van der Waals surface area contributed by atoms with Crippen LogP contribution in [0, 0.1) is 0 Å². The maximum atomic E-state index is 11.8. The van der Waals surface area contributed by atoms with E-state index in [1.54, 1.807) is 43.5 Å². The van der Waals surface area contributed by atoms with Crippen molar-refractivity contribution in [3.05, 3.63) is 62.6 Å². The summed E-state index contributed by atoms with van der Waals surface area (Å²) in [5.74, 6) is -1.24. The van der Waals surface area contributed by atoms with E-state index in [-0.39, 0.29) is 6.61 Å². The van der Waals surface area contributed by atoms with Gasteiger partial charge in [-0.25, -0.2) is 5.43 Å². The standard InChI is InChI=1S/C20H20Cl3N3O4/c1-29-9-3-8-24-19(27)20(28)26-25-11-13-10-14(21)6-7-18(13)30-12-15-16(22)4-2-5-17(15)23/h2,4-7,10-11H,3,8-9,12H2,1H3,(H,24,27)(H,26,28)/b25-11-. The van der Waals surface area contributed by atoms with E-state index in [0.29, 0.717) is 51.5 Å². The molecule has 160 valence electrons. The Hall–Kier alpha value is -2.32. The highest BCUT2D eigenvalue weighted by Crippen LogP contribution is 2.27. The number of rotatable bonds is 9. The molecule has 0 bridgehead atoms. The van der Waals surface area contributed by atoms with Crippen LogP contribution in [-0.2, 0) is 20.9 Å². The summed E-state index contributed by atoms with van der Waals surface area (Å²) < 4.78 is 10.7. The number of benzene rings is 2. The second kappa shape index (κ2) is 12.4. The monoisotopic (exact) mass is 471 g/mol. The molecule has 0 aliphatic carbocycles. The van der Waals surface area contributed by atoms with Crippen LogP contribution in [0.15, 0.2) is 41.5 Å². The normalized spacial score (nSPS) is 10.8. The zero-order chi connectivity index (χ0) is 21.9. The number of carbonyl (C=O) groups is 2. The van der Waals surface area contributed by atoms with Crippen molar-refractivity contribution in [2.24, 2.45) is 5.10 Å². The molecule has 0 heterocycles. The predicted molar refractivity (Wildman–Crippen MR) is 117 cm³/mol. The van der Waals surface area contributed by atoms with Crippen LogP contribution in [-0.4, -0.2) is 38.3 Å². The van der Waals surface area contributed by atoms with Crippen molar-refractivity contribution in [2.45, 2.75) is 13.0 Å². The Labute approximate surface area is 189 Å². The van der Waals surface area contributed by atoms with Crippen LogP contribution in [0.25, 0.3) is 0 Å². The fourth-order valence-corrected chi connectivity index (χ4v) is 2.97. The number of hydrogen-bond donors (Lipinski definition) is 2. The van der Waals surface area contributed by atoms with Crippen molar-refractivity contribution in [1.29, 1.82) is 0 Å². The number of halogens is 3. The Bertz CT molecular complexity index is 902. The highest BCUT2D eigenvalue weighted by molar-refractivity contribution is 6.36. The number of ether oxygens (including phenoxy) is 2. The van der Waals surface area contributed by atoms with Gasteiger partial charge in [-0.3, -0.25) is 9.59 Å². The van der Waals surface area contributed by atoms with Gasteiger partial charge >= 0.3 is 11.8 Å². The highest BCUT2D eigenvalue weighted by Gasteiger charge is 2.12. The first kappa shape index (κ1) is 24.0. The van der Waals surface area contributed by atoms with Gasteiger partial charge < -0.3 is 14.8 Å². The third-order valence-electron chi connectivity index (χ3n) is 3.79. The molecule has 0 saturated heterocycles. The Morgan fingerprint density at radius 2 is 1.83 bits per heavy atom. The topological polar surface area (TPSA) is 89.0 Å². The van der Waals surface area contributed by atoms with E-state index in [9.17, 15) is 9.59 Å². The van der Waals surface area contributed by atoms with E-state index in [4.69, 9.17) is 44.3 Å². The van der Waals surface area contributed by atoms with Crippen LogP contribution in [0.1, 0.15) is 17.5 Å². The molecule has 0 saturated carbocycles. The first-order chi connectivity index (χ1) is 14.4. The van der Waals surface area contributed by atoms with E-state index >= 15 is 0 Å². The van der Waals surface area contributed by atoms with Gasteiger partial charge in [0.1, 0.15) is 12.4 Å². The molecule has 30 heavy (non-hydrogen) atoms. The quantitative estimate of drug-likeness (QED) is 0.251. The number of carbonyl (C=O) groups excluding carboxylic acids is 2. The van der Waals surface area contributed by atoms with Crippen molar-refractivity contribution in [3.8, 4) is 5.75 Å². The molecule has 10 heteroatoms. The van der Waals surface area contributed by atoms with Gasteiger partial charge in [0.25, 0.3) is 0 Å². The van der Waals surface area contributed by atoms with Crippen LogP contribution in [0.5, 0.6) is 5.75 Å². The summed E-state index contributed by atoms with van der Waals surface area (Å²) in [6, 6.07) is 10.1. The Morgan fingerprint density at radius 1 is 1.10 bits per heavy atom. The lowest BCUT2D eigenvalue weighted by Gasteiger charge is -2.12. The van der Waals surface area contributed by atoms with E-state index in [2.05, 4.69) is 15.8 Å². The number of nitrogens with one attached hydrogen (secondary N) is 2. The second-order valence-electron chi connectivity index (χ2n) is 5.97. The average molecular weight is 473 g/mol. The molecular formula is C20H20Cl3N3O4. The van der Waals surface area contributed by atoms with Gasteiger partial charge in [-0.05, 0) is 36.8 Å². The zero-order valence-electron chi connectivity index (χ0n) is 16.1. The van der Waals surface area contributed by atoms with E-state index in [1.165, 1.54) is 6.21 Å². The molecule has 0 atom stereocenters. The molecule has 2 aromatic carbocycles. The molecule has 0 aliphatic heterocycles. The molecular weight excluding hydrogens is 453 g/mol. The second-order valence-corrected chi connectivity index (χ2v) is 7.22. The number of hydrogen-bond acceptors (Lipinski definition) is 5. The van der Waals surface area contributed by atoms with Gasteiger partial charge in [0.05, 0.1) is 6.21 Å². The van der Waals surface area contributed by atoms with Crippen LogP contribution < -0.4 is 15.5 Å². The molecule has 2 aromatic rings. The molecule has 2 amide bonds. The van der Waals surface area contributed by atoms with Crippen LogP contribution in [0.2, 0.25) is 15.1 Å². The summed E-state index contributed by atoms with van der Waals surface area (Å²) in [6.45, 7) is 0.926. The minimum absolute atomic E-state index is 0.122. The fourth-order valence-electron chi connectivity index (χ4n) is 2.28. The molecule has 0 spiro atoms. The van der Waals surface area contributed by atoms with Gasteiger partial charge in [-0.2, -0.15) is 5.10 Å². The summed E-state index contributed by atoms with van der Waals surface area (Å²) in [5, 5.41) is 7.67. The van der Waals surface area contributed by atoms with Crippen molar-refractivity contribution in [2.75, 3.05) is 20.3 Å². The maximum Gasteiger partial charge on any atom is 0.329 e. The smallest absolute Gasteiger partial charge is 0.329 e. The molecule has 0 fully saturated rings. The van der Waals surface area contributed by atoms with Gasteiger partial charge in [0.2, 0.25) is 0 Å². The van der Waals surface area contributed by atoms with Crippen LogP contribution >= 0.6 is 34.8 Å². The predicted octanol–water partition coefficient (Wildman–Crippen LogP) is 3.83. The van der Waals surface area contributed by atoms with E-state index in [1.807, 2.05) is 0 Å². The largest absolute Gasteiger partial charge is 0.488 e. The average Bonchev–Trinajstić information content (AvgIpc) is 2.72. The lowest BCUT2D eigenvalue weighted by Crippen LogP contribution is -2.38. The lowest BCUT2D eigenvalue weighted by molar-refractivity contribution is -0.139. The summed E-state index contributed by atoms with van der Waals surface area (Å²) in [7, 11) is 1.56. The summed E-state index contributed by atoms with van der Waals surface area (Å²) in [6.07, 6.45) is 1.92. The Morgan fingerprint density at radius 3 is 2.53 bits per heavy atom. The zero-order valence-corrected chi connectivity index (χ0v) is 18.4. The maximum absolute atomic E-state index is 11.8. The lowest BCUT2D eigenvalue weighted by atomic mass is 10.2. The number of hydrazone groups is 1. The SMILES string of the molecule is COCCCNC(=O)C(=O)N/N=C\c1cc(Cl)ccc1OCc1c(Cl)cccc1Cl. The minimum atomic E-state index is -0.893. The number of amides is 2. The van der Waals surface area contributed by atoms with Gasteiger partial charge in [-0.15, -0.1) is 0 Å². The fraction of sp³-hybridized carbons (Fsp3) is 0.250. The minimum Gasteiger partial charge on any atom is -0.488 e. The van der Waals surface area contributed by atoms with E-state index in [0.717, 1.165) is 0 Å². The molecule has 7 nitrogen and oxygen atoms in total. The molecule has 0 unspecified atom stereocenters. The molecule has 0 radical (unpaired) electrons. The van der Waals surface area contributed by atoms with Crippen LogP contribution in [0.4, 0.5) is 0 Å². The molecule has 2 rings (SSSR count). The third-order valence-corrected chi connectivity index (χ3v) is 4.74. The third kappa shape index (κ3) is 7.50. The Kier molecular flexibility index (Phi) is 9.89. The van der Waals surface area contributed by atoms with E-state index < -0.39 is 11.8 Å². The van der Waals surface area contributed by atoms with Gasteiger partial charge in [0, 0.05) is 46.5 Å². The first-order valence-corrected chi connectivity index (χ1v) is 10.0. The number of methoxy groups -OCH3 is 1. The van der Waals surface area contributed by atoms with Crippen molar-refractivity contribution >= 4 is 52.8 Å². The first-order valence-electron chi connectivity index (χ1n) is 8.87. The van der Waals surface area contributed by atoms with Crippen LogP contribution in [0.3, 0.4) is 0 Å². The number of nitrogens with zero attached hydrogens (tertiary/aromatic N) is 1. The molecule has 2 N–H and O–H groups in total. The van der Waals surface area contributed by atoms with Crippen molar-refractivity contribution in [1.82, 2.24) is 10.7 Å². The Balaban J connectivity index is 1.99. The summed E-state index contributed by atoms with van der Waals surface area (Å²) >= 11 is 18.4. The highest BCUT2D eigenvalue weighted by atomic mass is 35.5. The van der Waals surface area contributed by atoms with Crippen molar-refractivity contribution < 1.29 is 19.1 Å². The summed E-state index contributed by atoms with van der Waals surface area (Å²) in [4.78, 5) is 23.5. The van der Waals surface area contributed by atoms with Gasteiger partial charge in [0.15, 0.2) is 0 Å². The summed E-state index contributed by atoms with van der Waals surface area (Å²) in [5.41, 5.74) is 3.29. The van der Waals surface area contributed by atoms with Crippen molar-refractivity contribution in [3.63, 3.8) is 0 Å². The molecule has 0 aromatic heterocycles. The molecule has 0 aliphatic rings.